The van der Waals surface area contributed by atoms with Gasteiger partial charge < -0.3 is 9.47 Å². The van der Waals surface area contributed by atoms with E-state index in [1.54, 1.807) is 19.1 Å². The summed E-state index contributed by atoms with van der Waals surface area (Å²) >= 11 is 3.10. The van der Waals surface area contributed by atoms with Crippen LogP contribution in [0.4, 0.5) is 14.9 Å². The molecule has 2 aromatic rings. The Morgan fingerprint density at radius 1 is 1.17 bits per heavy atom. The van der Waals surface area contributed by atoms with Gasteiger partial charge in [-0.1, -0.05) is 46.3 Å². The molecule has 0 atom stereocenters. The van der Waals surface area contributed by atoms with Gasteiger partial charge in [0.1, 0.15) is 12.4 Å². The van der Waals surface area contributed by atoms with Gasteiger partial charge in [0.25, 0.3) is 0 Å². The molecular formula is C17H15BrFNO4. The quantitative estimate of drug-likeness (QED) is 0.756. The Labute approximate surface area is 146 Å². The summed E-state index contributed by atoms with van der Waals surface area (Å²) in [5.74, 6) is -1.51. The molecule has 5 nitrogen and oxygen atoms in total. The number of anilines is 1. The summed E-state index contributed by atoms with van der Waals surface area (Å²) in [5, 5.41) is 2.26. The molecule has 126 valence electrons. The molecule has 0 fully saturated rings. The maximum Gasteiger partial charge on any atom is 0.412 e. The fraction of sp³-hybridized carbons (Fsp3) is 0.176. The highest BCUT2D eigenvalue weighted by Crippen LogP contribution is 2.26. The molecule has 0 saturated carbocycles. The van der Waals surface area contributed by atoms with Gasteiger partial charge in [-0.15, -0.1) is 0 Å². The van der Waals surface area contributed by atoms with Crippen LogP contribution in [-0.2, 0) is 16.1 Å². The standard InChI is InChI=1S/C17H15BrFNO4/c1-2-23-16(21)13-8-12(18)9-14(19)15(13)20-17(22)24-10-11-6-4-3-5-7-11/h3-9H,2,10H2,1H3,(H,20,22). The molecule has 0 unspecified atom stereocenters. The lowest BCUT2D eigenvalue weighted by Gasteiger charge is -2.12. The lowest BCUT2D eigenvalue weighted by molar-refractivity contribution is 0.0527. The number of benzene rings is 2. The first-order valence-corrected chi connectivity index (χ1v) is 7.94. The van der Waals surface area contributed by atoms with E-state index < -0.39 is 17.9 Å². The van der Waals surface area contributed by atoms with E-state index in [0.717, 1.165) is 11.6 Å². The van der Waals surface area contributed by atoms with Gasteiger partial charge in [-0.05, 0) is 24.6 Å². The van der Waals surface area contributed by atoms with E-state index in [4.69, 9.17) is 9.47 Å². The summed E-state index contributed by atoms with van der Waals surface area (Å²) in [4.78, 5) is 23.8. The molecule has 0 saturated heterocycles. The van der Waals surface area contributed by atoms with Crippen molar-refractivity contribution in [1.82, 2.24) is 0 Å². The van der Waals surface area contributed by atoms with Gasteiger partial charge in [0.05, 0.1) is 17.9 Å². The normalized spacial score (nSPS) is 10.1. The third kappa shape index (κ3) is 4.79. The van der Waals surface area contributed by atoms with Crippen molar-refractivity contribution in [3.8, 4) is 0 Å². The van der Waals surface area contributed by atoms with Gasteiger partial charge in [0.2, 0.25) is 0 Å². The SMILES string of the molecule is CCOC(=O)c1cc(Br)cc(F)c1NC(=O)OCc1ccccc1. The summed E-state index contributed by atoms with van der Waals surface area (Å²) in [7, 11) is 0. The number of hydrogen-bond donors (Lipinski definition) is 1. The van der Waals surface area contributed by atoms with Gasteiger partial charge in [0, 0.05) is 4.47 Å². The van der Waals surface area contributed by atoms with Crippen molar-refractivity contribution in [2.45, 2.75) is 13.5 Å². The van der Waals surface area contributed by atoms with E-state index in [0.29, 0.717) is 4.47 Å². The fourth-order valence-electron chi connectivity index (χ4n) is 1.93. The predicted octanol–water partition coefficient (Wildman–Crippen LogP) is 4.51. The molecule has 1 N–H and O–H groups in total. The van der Waals surface area contributed by atoms with Crippen LogP contribution in [0.25, 0.3) is 0 Å². The number of hydrogen-bond acceptors (Lipinski definition) is 4. The zero-order valence-electron chi connectivity index (χ0n) is 12.8. The largest absolute Gasteiger partial charge is 0.462 e. The highest BCUT2D eigenvalue weighted by molar-refractivity contribution is 9.10. The number of halogens is 2. The second-order valence-corrected chi connectivity index (χ2v) is 5.63. The Morgan fingerprint density at radius 3 is 2.54 bits per heavy atom. The van der Waals surface area contributed by atoms with E-state index in [2.05, 4.69) is 21.2 Å². The maximum absolute atomic E-state index is 14.1. The summed E-state index contributed by atoms with van der Waals surface area (Å²) in [6, 6.07) is 11.5. The molecule has 2 aromatic carbocycles. The molecule has 2 rings (SSSR count). The number of carbonyl (C=O) groups excluding carboxylic acids is 2. The van der Waals surface area contributed by atoms with Gasteiger partial charge in [0.15, 0.2) is 0 Å². The summed E-state index contributed by atoms with van der Waals surface area (Å²) in [6.07, 6.45) is -0.870. The van der Waals surface area contributed by atoms with Crippen molar-refractivity contribution >= 4 is 33.7 Å². The minimum Gasteiger partial charge on any atom is -0.462 e. The number of esters is 1. The van der Waals surface area contributed by atoms with E-state index >= 15 is 0 Å². The van der Waals surface area contributed by atoms with E-state index in [1.807, 2.05) is 18.2 Å². The van der Waals surface area contributed by atoms with Crippen molar-refractivity contribution in [1.29, 1.82) is 0 Å². The molecule has 0 bridgehead atoms. The van der Waals surface area contributed by atoms with E-state index in [-0.39, 0.29) is 24.5 Å². The molecular weight excluding hydrogens is 381 g/mol. The Hall–Kier alpha value is -2.41. The Kier molecular flexibility index (Phi) is 6.31. The third-order valence-electron chi connectivity index (χ3n) is 2.99. The van der Waals surface area contributed by atoms with Gasteiger partial charge in [-0.3, -0.25) is 5.32 Å². The average molecular weight is 396 g/mol. The Balaban J connectivity index is 2.13. The monoisotopic (exact) mass is 395 g/mol. The van der Waals surface area contributed by atoms with Crippen LogP contribution in [0.15, 0.2) is 46.9 Å². The summed E-state index contributed by atoms with van der Waals surface area (Å²) in [5.41, 5.74) is 0.407. The molecule has 0 aliphatic rings. The van der Waals surface area contributed by atoms with Crippen LogP contribution in [0.3, 0.4) is 0 Å². The molecule has 24 heavy (non-hydrogen) atoms. The fourth-order valence-corrected chi connectivity index (χ4v) is 2.36. The lowest BCUT2D eigenvalue weighted by Crippen LogP contribution is -2.18. The second kappa shape index (κ2) is 8.44. The van der Waals surface area contributed by atoms with Crippen molar-refractivity contribution < 1.29 is 23.5 Å². The van der Waals surface area contributed by atoms with Crippen LogP contribution in [0, 0.1) is 5.82 Å². The zero-order chi connectivity index (χ0) is 17.5. The average Bonchev–Trinajstić information content (AvgIpc) is 2.56. The first kappa shape index (κ1) is 17.9. The van der Waals surface area contributed by atoms with Crippen LogP contribution in [0.5, 0.6) is 0 Å². The molecule has 0 heterocycles. The number of rotatable bonds is 5. The summed E-state index contributed by atoms with van der Waals surface area (Å²) in [6.45, 7) is 1.79. The third-order valence-corrected chi connectivity index (χ3v) is 3.45. The molecule has 0 aliphatic heterocycles. The van der Waals surface area contributed by atoms with E-state index in [9.17, 15) is 14.0 Å². The molecule has 0 aliphatic carbocycles. The van der Waals surface area contributed by atoms with Gasteiger partial charge >= 0.3 is 12.1 Å². The summed E-state index contributed by atoms with van der Waals surface area (Å²) < 4.78 is 24.4. The molecule has 1 amide bonds. The predicted molar refractivity (Wildman–Crippen MR) is 90.3 cm³/mol. The van der Waals surface area contributed by atoms with Crippen molar-refractivity contribution in [2.75, 3.05) is 11.9 Å². The minimum atomic E-state index is -0.870. The van der Waals surface area contributed by atoms with Crippen LogP contribution in [0.2, 0.25) is 0 Å². The maximum atomic E-state index is 14.1. The van der Waals surface area contributed by atoms with Crippen molar-refractivity contribution in [3.05, 3.63) is 63.9 Å². The van der Waals surface area contributed by atoms with Crippen LogP contribution in [0.1, 0.15) is 22.8 Å². The van der Waals surface area contributed by atoms with Crippen LogP contribution >= 0.6 is 15.9 Å². The van der Waals surface area contributed by atoms with Crippen LogP contribution < -0.4 is 5.32 Å². The van der Waals surface area contributed by atoms with Crippen molar-refractivity contribution in [3.63, 3.8) is 0 Å². The van der Waals surface area contributed by atoms with Crippen molar-refractivity contribution in [2.24, 2.45) is 0 Å². The zero-order valence-corrected chi connectivity index (χ0v) is 14.4. The topological polar surface area (TPSA) is 64.6 Å². The smallest absolute Gasteiger partial charge is 0.412 e. The Bertz CT molecular complexity index is 737. The van der Waals surface area contributed by atoms with Gasteiger partial charge in [-0.2, -0.15) is 0 Å². The number of ether oxygens (including phenoxy) is 2. The first-order chi connectivity index (χ1) is 11.5. The molecule has 0 spiro atoms. The molecule has 0 aromatic heterocycles. The minimum absolute atomic E-state index is 0.0273. The van der Waals surface area contributed by atoms with E-state index in [1.165, 1.54) is 6.07 Å². The number of nitrogens with one attached hydrogen (secondary N) is 1. The Morgan fingerprint density at radius 2 is 1.88 bits per heavy atom. The molecule has 7 heteroatoms. The highest BCUT2D eigenvalue weighted by atomic mass is 79.9. The lowest BCUT2D eigenvalue weighted by atomic mass is 10.1. The van der Waals surface area contributed by atoms with Gasteiger partial charge in [-0.25, -0.2) is 14.0 Å². The first-order valence-electron chi connectivity index (χ1n) is 7.15. The second-order valence-electron chi connectivity index (χ2n) is 4.72. The van der Waals surface area contributed by atoms with Crippen LogP contribution in [-0.4, -0.2) is 18.7 Å². The number of carbonyl (C=O) groups is 2. The number of amides is 1. The molecule has 0 radical (unpaired) electrons. The highest BCUT2D eigenvalue weighted by Gasteiger charge is 2.20.